The minimum atomic E-state index is 0.0981. The van der Waals surface area contributed by atoms with E-state index in [1.54, 1.807) is 0 Å². The minimum Gasteiger partial charge on any atom is -0.381 e. The fourth-order valence-electron chi connectivity index (χ4n) is 2.65. The van der Waals surface area contributed by atoms with Crippen LogP contribution in [0.1, 0.15) is 31.2 Å². The maximum absolute atomic E-state index is 12.0. The van der Waals surface area contributed by atoms with Gasteiger partial charge in [0.25, 0.3) is 0 Å². The van der Waals surface area contributed by atoms with Gasteiger partial charge in [0.05, 0.1) is 0 Å². The van der Waals surface area contributed by atoms with Crippen LogP contribution >= 0.6 is 0 Å². The third-order valence-corrected chi connectivity index (χ3v) is 3.77. The van der Waals surface area contributed by atoms with Crippen molar-refractivity contribution in [3.05, 3.63) is 29.8 Å². The van der Waals surface area contributed by atoms with Crippen molar-refractivity contribution < 1.29 is 9.53 Å². The normalized spacial score (nSPS) is 18.7. The Morgan fingerprint density at radius 2 is 2.10 bits per heavy atom. The number of ether oxygens (including phenoxy) is 1. The van der Waals surface area contributed by atoms with E-state index in [1.807, 2.05) is 26.2 Å². The molecule has 21 heavy (non-hydrogen) atoms. The van der Waals surface area contributed by atoms with Crippen molar-refractivity contribution in [2.24, 2.45) is 5.92 Å². The van der Waals surface area contributed by atoms with Crippen LogP contribution in [0.25, 0.3) is 0 Å². The molecule has 0 aromatic heterocycles. The number of benzene rings is 1. The lowest BCUT2D eigenvalue weighted by Gasteiger charge is -2.21. The van der Waals surface area contributed by atoms with E-state index >= 15 is 0 Å². The number of carbonyl (C=O) groups is 1. The summed E-state index contributed by atoms with van der Waals surface area (Å²) in [5.41, 5.74) is 2.12. The Bertz CT molecular complexity index is 437. The summed E-state index contributed by atoms with van der Waals surface area (Å²) in [7, 11) is 4.09. The van der Waals surface area contributed by atoms with Crippen molar-refractivity contribution >= 4 is 11.6 Å². The Balaban J connectivity index is 1.74. The van der Waals surface area contributed by atoms with Gasteiger partial charge in [0.15, 0.2) is 0 Å². The SMILES string of the molecule is CN(C)Cc1ccc(NC(=O)CC[C@H]2CCCOC2)cc1. The summed E-state index contributed by atoms with van der Waals surface area (Å²) in [4.78, 5) is 14.1. The highest BCUT2D eigenvalue weighted by Crippen LogP contribution is 2.19. The van der Waals surface area contributed by atoms with Crippen LogP contribution in [0.2, 0.25) is 0 Å². The lowest BCUT2D eigenvalue weighted by molar-refractivity contribution is -0.116. The summed E-state index contributed by atoms with van der Waals surface area (Å²) in [6.45, 7) is 2.60. The van der Waals surface area contributed by atoms with Crippen molar-refractivity contribution in [2.75, 3.05) is 32.6 Å². The molecule has 0 radical (unpaired) electrons. The highest BCUT2D eigenvalue weighted by molar-refractivity contribution is 5.90. The maximum atomic E-state index is 12.0. The summed E-state index contributed by atoms with van der Waals surface area (Å²) >= 11 is 0. The molecule has 0 bridgehead atoms. The van der Waals surface area contributed by atoms with Gasteiger partial charge in [-0.05, 0) is 57.0 Å². The van der Waals surface area contributed by atoms with E-state index in [1.165, 1.54) is 12.0 Å². The Kier molecular flexibility index (Phi) is 6.21. The van der Waals surface area contributed by atoms with Crippen molar-refractivity contribution in [1.82, 2.24) is 4.90 Å². The Labute approximate surface area is 127 Å². The molecule has 1 aliphatic rings. The van der Waals surface area contributed by atoms with Crippen LogP contribution in [0.5, 0.6) is 0 Å². The van der Waals surface area contributed by atoms with E-state index in [9.17, 15) is 4.79 Å². The fraction of sp³-hybridized carbons (Fsp3) is 0.588. The topological polar surface area (TPSA) is 41.6 Å². The van der Waals surface area contributed by atoms with Crippen molar-refractivity contribution in [2.45, 2.75) is 32.2 Å². The van der Waals surface area contributed by atoms with Gasteiger partial charge in [0, 0.05) is 31.9 Å². The largest absolute Gasteiger partial charge is 0.381 e. The lowest BCUT2D eigenvalue weighted by atomic mass is 9.97. The second-order valence-corrected chi connectivity index (χ2v) is 6.10. The van der Waals surface area contributed by atoms with Gasteiger partial charge in [-0.15, -0.1) is 0 Å². The first-order valence-electron chi connectivity index (χ1n) is 7.75. The van der Waals surface area contributed by atoms with Gasteiger partial charge in [0.2, 0.25) is 5.91 Å². The van der Waals surface area contributed by atoms with Gasteiger partial charge in [-0.2, -0.15) is 0 Å². The third kappa shape index (κ3) is 5.86. The first kappa shape index (κ1) is 16.0. The summed E-state index contributed by atoms with van der Waals surface area (Å²) in [5, 5.41) is 2.97. The van der Waals surface area contributed by atoms with Gasteiger partial charge < -0.3 is 15.0 Å². The zero-order chi connectivity index (χ0) is 15.1. The first-order chi connectivity index (χ1) is 10.1. The van der Waals surface area contributed by atoms with Gasteiger partial charge in [0.1, 0.15) is 0 Å². The molecule has 1 atom stereocenters. The van der Waals surface area contributed by atoms with Crippen molar-refractivity contribution in [1.29, 1.82) is 0 Å². The molecule has 1 aliphatic heterocycles. The summed E-state index contributed by atoms with van der Waals surface area (Å²) < 4.78 is 5.44. The van der Waals surface area contributed by atoms with E-state index in [0.29, 0.717) is 12.3 Å². The van der Waals surface area contributed by atoms with Gasteiger partial charge in [-0.25, -0.2) is 0 Å². The predicted octanol–water partition coefficient (Wildman–Crippen LogP) is 2.89. The molecule has 1 N–H and O–H groups in total. The number of amides is 1. The second kappa shape index (κ2) is 8.15. The maximum Gasteiger partial charge on any atom is 0.224 e. The molecule has 1 fully saturated rings. The Morgan fingerprint density at radius 1 is 1.33 bits per heavy atom. The standard InChI is InChI=1S/C17H26N2O2/c1-19(2)12-14-5-8-16(9-6-14)18-17(20)10-7-15-4-3-11-21-13-15/h5-6,8-9,15H,3-4,7,10-13H2,1-2H3,(H,18,20)/t15-/m1/s1. The second-order valence-electron chi connectivity index (χ2n) is 6.10. The Morgan fingerprint density at radius 3 is 2.71 bits per heavy atom. The number of carbonyl (C=O) groups excluding carboxylic acids is 1. The zero-order valence-electron chi connectivity index (χ0n) is 13.1. The molecule has 4 heteroatoms. The van der Waals surface area contributed by atoms with E-state index < -0.39 is 0 Å². The molecular formula is C17H26N2O2. The molecule has 1 aromatic rings. The van der Waals surface area contributed by atoms with Crippen LogP contribution < -0.4 is 5.32 Å². The fourth-order valence-corrected chi connectivity index (χ4v) is 2.65. The molecule has 0 unspecified atom stereocenters. The summed E-state index contributed by atoms with van der Waals surface area (Å²) in [6.07, 6.45) is 3.81. The number of nitrogens with zero attached hydrogens (tertiary/aromatic N) is 1. The smallest absolute Gasteiger partial charge is 0.224 e. The third-order valence-electron chi connectivity index (χ3n) is 3.77. The van der Waals surface area contributed by atoms with Gasteiger partial charge in [-0.1, -0.05) is 12.1 Å². The highest BCUT2D eigenvalue weighted by atomic mass is 16.5. The number of nitrogens with one attached hydrogen (secondary N) is 1. The van der Waals surface area contributed by atoms with Crippen LogP contribution in [0.15, 0.2) is 24.3 Å². The molecule has 1 saturated heterocycles. The average molecular weight is 290 g/mol. The van der Waals surface area contributed by atoms with E-state index in [4.69, 9.17) is 4.74 Å². The molecule has 0 aliphatic carbocycles. The van der Waals surface area contributed by atoms with Crippen LogP contribution in [0, 0.1) is 5.92 Å². The number of anilines is 1. The number of rotatable bonds is 6. The summed E-state index contributed by atoms with van der Waals surface area (Å²) in [6, 6.07) is 8.07. The molecule has 116 valence electrons. The average Bonchev–Trinajstić information content (AvgIpc) is 2.48. The molecule has 0 saturated carbocycles. The molecule has 1 aromatic carbocycles. The predicted molar refractivity (Wildman–Crippen MR) is 85.2 cm³/mol. The number of hydrogen-bond donors (Lipinski definition) is 1. The molecule has 1 heterocycles. The van der Waals surface area contributed by atoms with Crippen LogP contribution in [0.3, 0.4) is 0 Å². The van der Waals surface area contributed by atoms with Crippen LogP contribution in [-0.2, 0) is 16.1 Å². The quantitative estimate of drug-likeness (QED) is 0.876. The van der Waals surface area contributed by atoms with Gasteiger partial charge in [-0.3, -0.25) is 4.79 Å². The number of hydrogen-bond acceptors (Lipinski definition) is 3. The monoisotopic (exact) mass is 290 g/mol. The minimum absolute atomic E-state index is 0.0981. The molecular weight excluding hydrogens is 264 g/mol. The van der Waals surface area contributed by atoms with Crippen LogP contribution in [0.4, 0.5) is 5.69 Å². The Hall–Kier alpha value is -1.39. The van der Waals surface area contributed by atoms with E-state index in [-0.39, 0.29) is 5.91 Å². The zero-order valence-corrected chi connectivity index (χ0v) is 13.1. The molecule has 0 spiro atoms. The van der Waals surface area contributed by atoms with Crippen molar-refractivity contribution in [3.8, 4) is 0 Å². The summed E-state index contributed by atoms with van der Waals surface area (Å²) in [5.74, 6) is 0.646. The van der Waals surface area contributed by atoms with Crippen molar-refractivity contribution in [3.63, 3.8) is 0 Å². The molecule has 4 nitrogen and oxygen atoms in total. The van der Waals surface area contributed by atoms with Gasteiger partial charge >= 0.3 is 0 Å². The molecule has 1 amide bonds. The lowest BCUT2D eigenvalue weighted by Crippen LogP contribution is -2.20. The first-order valence-corrected chi connectivity index (χ1v) is 7.75. The molecule has 2 rings (SSSR count). The van der Waals surface area contributed by atoms with E-state index in [2.05, 4.69) is 22.3 Å². The van der Waals surface area contributed by atoms with Crippen LogP contribution in [-0.4, -0.2) is 38.1 Å². The highest BCUT2D eigenvalue weighted by Gasteiger charge is 2.15. The van der Waals surface area contributed by atoms with E-state index in [0.717, 1.165) is 38.3 Å².